The third-order valence-electron chi connectivity index (χ3n) is 6.28. The number of hydrogen-bond acceptors (Lipinski definition) is 4. The van der Waals surface area contributed by atoms with Gasteiger partial charge in [-0.3, -0.25) is 9.69 Å². The summed E-state index contributed by atoms with van der Waals surface area (Å²) < 4.78 is 32.1. The lowest BCUT2D eigenvalue weighted by atomic mass is 10.1. The quantitative estimate of drug-likeness (QED) is 0.392. The SMILES string of the molecule is O=C(COc1ccc(Cl)cc1)N1CCN(Cc2ccc(F)cc2)CC1CCNCc1ccc(F)cc1. The van der Waals surface area contributed by atoms with Crippen molar-refractivity contribution in [3.63, 3.8) is 0 Å². The Hall–Kier alpha value is -3.00. The monoisotopic (exact) mass is 513 g/mol. The van der Waals surface area contributed by atoms with E-state index in [1.54, 1.807) is 48.5 Å². The molecule has 0 aliphatic carbocycles. The van der Waals surface area contributed by atoms with E-state index in [2.05, 4.69) is 10.2 Å². The summed E-state index contributed by atoms with van der Waals surface area (Å²) >= 11 is 5.92. The van der Waals surface area contributed by atoms with Gasteiger partial charge >= 0.3 is 0 Å². The Morgan fingerprint density at radius 1 is 0.917 bits per heavy atom. The lowest BCUT2D eigenvalue weighted by Gasteiger charge is -2.41. The third-order valence-corrected chi connectivity index (χ3v) is 6.53. The molecule has 1 N–H and O–H groups in total. The molecule has 36 heavy (non-hydrogen) atoms. The van der Waals surface area contributed by atoms with Gasteiger partial charge in [0.25, 0.3) is 5.91 Å². The first-order chi connectivity index (χ1) is 17.5. The zero-order chi connectivity index (χ0) is 25.3. The number of carbonyl (C=O) groups excluding carboxylic acids is 1. The van der Waals surface area contributed by atoms with Crippen molar-refractivity contribution in [2.45, 2.75) is 25.6 Å². The summed E-state index contributed by atoms with van der Waals surface area (Å²) in [6.07, 6.45) is 0.758. The highest BCUT2D eigenvalue weighted by molar-refractivity contribution is 6.30. The molecule has 0 aromatic heterocycles. The number of nitrogens with one attached hydrogen (secondary N) is 1. The van der Waals surface area contributed by atoms with Gasteiger partial charge in [0, 0.05) is 43.8 Å². The Labute approximate surface area is 215 Å². The summed E-state index contributed by atoms with van der Waals surface area (Å²) in [4.78, 5) is 17.3. The average molecular weight is 514 g/mol. The van der Waals surface area contributed by atoms with Gasteiger partial charge in [-0.05, 0) is 72.6 Å². The van der Waals surface area contributed by atoms with E-state index < -0.39 is 0 Å². The molecular weight excluding hydrogens is 484 g/mol. The molecule has 0 saturated carbocycles. The fraction of sp³-hybridized carbons (Fsp3) is 0.321. The molecule has 0 bridgehead atoms. The van der Waals surface area contributed by atoms with Crippen LogP contribution in [-0.2, 0) is 17.9 Å². The maximum absolute atomic E-state index is 13.3. The predicted molar refractivity (Wildman–Crippen MR) is 137 cm³/mol. The molecule has 0 radical (unpaired) electrons. The molecule has 1 unspecified atom stereocenters. The second-order valence-corrected chi connectivity index (χ2v) is 9.37. The van der Waals surface area contributed by atoms with Crippen molar-refractivity contribution in [3.8, 4) is 5.75 Å². The number of ether oxygens (including phenoxy) is 1. The van der Waals surface area contributed by atoms with Crippen molar-refractivity contribution in [2.75, 3.05) is 32.8 Å². The Bertz CT molecular complexity index is 1110. The number of piperazine rings is 1. The molecule has 1 amide bonds. The van der Waals surface area contributed by atoms with Crippen molar-refractivity contribution in [1.29, 1.82) is 0 Å². The lowest BCUT2D eigenvalue weighted by Crippen LogP contribution is -2.56. The third kappa shape index (κ3) is 7.75. The highest BCUT2D eigenvalue weighted by Gasteiger charge is 2.30. The van der Waals surface area contributed by atoms with Crippen LogP contribution < -0.4 is 10.1 Å². The maximum atomic E-state index is 13.3. The van der Waals surface area contributed by atoms with Gasteiger partial charge in [0.1, 0.15) is 17.4 Å². The van der Waals surface area contributed by atoms with E-state index in [-0.39, 0.29) is 30.2 Å². The molecule has 1 saturated heterocycles. The van der Waals surface area contributed by atoms with E-state index >= 15 is 0 Å². The van der Waals surface area contributed by atoms with Crippen LogP contribution in [0.1, 0.15) is 17.5 Å². The summed E-state index contributed by atoms with van der Waals surface area (Å²) in [5.41, 5.74) is 2.04. The highest BCUT2D eigenvalue weighted by atomic mass is 35.5. The Morgan fingerprint density at radius 2 is 1.56 bits per heavy atom. The zero-order valence-corrected chi connectivity index (χ0v) is 20.8. The summed E-state index contributed by atoms with van der Waals surface area (Å²) in [5.74, 6) is 0.0345. The fourth-order valence-electron chi connectivity index (χ4n) is 4.35. The second-order valence-electron chi connectivity index (χ2n) is 8.94. The van der Waals surface area contributed by atoms with Crippen molar-refractivity contribution < 1.29 is 18.3 Å². The number of halogens is 3. The smallest absolute Gasteiger partial charge is 0.260 e. The topological polar surface area (TPSA) is 44.8 Å². The Kier molecular flexibility index (Phi) is 9.28. The van der Waals surface area contributed by atoms with Gasteiger partial charge in [-0.25, -0.2) is 8.78 Å². The molecule has 3 aromatic carbocycles. The van der Waals surface area contributed by atoms with Crippen molar-refractivity contribution in [1.82, 2.24) is 15.1 Å². The first-order valence-electron chi connectivity index (χ1n) is 12.1. The number of benzene rings is 3. The average Bonchev–Trinajstić information content (AvgIpc) is 2.89. The number of rotatable bonds is 10. The summed E-state index contributed by atoms with van der Waals surface area (Å²) in [6.45, 7) is 4.01. The molecule has 1 fully saturated rings. The highest BCUT2D eigenvalue weighted by Crippen LogP contribution is 2.19. The minimum absolute atomic E-state index is 0.00114. The van der Waals surface area contributed by atoms with Gasteiger partial charge in [0.05, 0.1) is 0 Å². The van der Waals surface area contributed by atoms with Crippen molar-refractivity contribution in [2.24, 2.45) is 0 Å². The Morgan fingerprint density at radius 3 is 2.22 bits per heavy atom. The molecule has 4 rings (SSSR count). The van der Waals surface area contributed by atoms with Gasteiger partial charge in [-0.1, -0.05) is 35.9 Å². The minimum atomic E-state index is -0.253. The van der Waals surface area contributed by atoms with Crippen LogP contribution in [0.25, 0.3) is 0 Å². The molecule has 1 aliphatic heterocycles. The number of amides is 1. The van der Waals surface area contributed by atoms with Gasteiger partial charge < -0.3 is 15.0 Å². The molecule has 190 valence electrons. The van der Waals surface area contributed by atoms with Gasteiger partial charge in [-0.2, -0.15) is 0 Å². The van der Waals surface area contributed by atoms with E-state index in [1.807, 2.05) is 4.90 Å². The van der Waals surface area contributed by atoms with Crippen LogP contribution in [-0.4, -0.2) is 54.5 Å². The predicted octanol–water partition coefficient (Wildman–Crippen LogP) is 4.89. The molecule has 0 spiro atoms. The van der Waals surface area contributed by atoms with Crippen LogP contribution in [0.3, 0.4) is 0 Å². The largest absolute Gasteiger partial charge is 0.484 e. The minimum Gasteiger partial charge on any atom is -0.484 e. The van der Waals surface area contributed by atoms with Gasteiger partial charge in [0.15, 0.2) is 6.61 Å². The number of carbonyl (C=O) groups is 1. The van der Waals surface area contributed by atoms with Crippen LogP contribution in [0.5, 0.6) is 5.75 Å². The van der Waals surface area contributed by atoms with Crippen LogP contribution in [0.4, 0.5) is 8.78 Å². The lowest BCUT2D eigenvalue weighted by molar-refractivity contribution is -0.138. The van der Waals surface area contributed by atoms with Gasteiger partial charge in [-0.15, -0.1) is 0 Å². The summed E-state index contributed by atoms with van der Waals surface area (Å²) in [5, 5.41) is 4.01. The normalized spacial score (nSPS) is 16.2. The van der Waals surface area contributed by atoms with Crippen molar-refractivity contribution >= 4 is 17.5 Å². The van der Waals surface area contributed by atoms with Crippen LogP contribution >= 0.6 is 11.6 Å². The molecule has 3 aromatic rings. The van der Waals surface area contributed by atoms with Gasteiger partial charge in [0.2, 0.25) is 0 Å². The molecule has 1 atom stereocenters. The Balaban J connectivity index is 1.34. The van der Waals surface area contributed by atoms with E-state index in [0.717, 1.165) is 24.1 Å². The van der Waals surface area contributed by atoms with Crippen molar-refractivity contribution in [3.05, 3.63) is 101 Å². The molecule has 1 heterocycles. The molecular formula is C28H30ClF2N3O2. The zero-order valence-electron chi connectivity index (χ0n) is 20.0. The van der Waals surface area contributed by atoms with E-state index in [4.69, 9.17) is 16.3 Å². The van der Waals surface area contributed by atoms with Crippen LogP contribution in [0.15, 0.2) is 72.8 Å². The first-order valence-corrected chi connectivity index (χ1v) is 12.4. The van der Waals surface area contributed by atoms with Crippen LogP contribution in [0, 0.1) is 11.6 Å². The second kappa shape index (κ2) is 12.8. The fourth-order valence-corrected chi connectivity index (χ4v) is 4.48. The standard InChI is InChI=1S/C28H30ClF2N3O2/c29-23-5-11-27(12-6-23)36-20-28(35)34-16-15-33(18-22-3-9-25(31)10-4-22)19-26(34)13-14-32-17-21-1-7-24(30)8-2-21/h1-12,26,32H,13-20H2. The first kappa shape index (κ1) is 26.1. The number of nitrogens with zero attached hydrogens (tertiary/aromatic N) is 2. The van der Waals surface area contributed by atoms with E-state index in [9.17, 15) is 13.6 Å². The maximum Gasteiger partial charge on any atom is 0.260 e. The van der Waals surface area contributed by atoms with E-state index in [0.29, 0.717) is 43.5 Å². The molecule has 5 nitrogen and oxygen atoms in total. The summed E-state index contributed by atoms with van der Waals surface area (Å²) in [7, 11) is 0. The number of hydrogen-bond donors (Lipinski definition) is 1. The molecule has 1 aliphatic rings. The summed E-state index contributed by atoms with van der Waals surface area (Å²) in [6, 6.07) is 19.9. The molecule has 8 heteroatoms. The van der Waals surface area contributed by atoms with E-state index in [1.165, 1.54) is 24.3 Å². The van der Waals surface area contributed by atoms with Crippen LogP contribution in [0.2, 0.25) is 5.02 Å².